The third-order valence-electron chi connectivity index (χ3n) is 3.57. The standard InChI is InChI=1S/C16H13F4N3O/c17-13-6-10-2-1-4-21-14(10)12(7-13)9-23-8-11(3-5-24)15(22-23)16(18,19)20/h1-2,4,6-8,24H,3,5,9H2. The second kappa shape index (κ2) is 6.20. The van der Waals surface area contributed by atoms with Crippen molar-refractivity contribution in [3.63, 3.8) is 0 Å². The van der Waals surface area contributed by atoms with Gasteiger partial charge in [0.05, 0.1) is 12.1 Å². The van der Waals surface area contributed by atoms with E-state index in [2.05, 4.69) is 10.1 Å². The molecule has 0 bridgehead atoms. The first-order valence-electron chi connectivity index (χ1n) is 7.16. The minimum Gasteiger partial charge on any atom is -0.396 e. The van der Waals surface area contributed by atoms with E-state index in [1.165, 1.54) is 24.5 Å². The van der Waals surface area contributed by atoms with Crippen LogP contribution < -0.4 is 0 Å². The fourth-order valence-corrected chi connectivity index (χ4v) is 2.61. The summed E-state index contributed by atoms with van der Waals surface area (Å²) in [7, 11) is 0. The minimum atomic E-state index is -4.61. The molecule has 0 radical (unpaired) electrons. The van der Waals surface area contributed by atoms with Gasteiger partial charge in [-0.3, -0.25) is 9.67 Å². The van der Waals surface area contributed by atoms with Crippen molar-refractivity contribution in [1.29, 1.82) is 0 Å². The van der Waals surface area contributed by atoms with Crippen LogP contribution in [-0.2, 0) is 19.1 Å². The number of aromatic nitrogens is 3. The van der Waals surface area contributed by atoms with Crippen LogP contribution in [0.25, 0.3) is 10.9 Å². The van der Waals surface area contributed by atoms with Gasteiger partial charge in [0.1, 0.15) is 5.82 Å². The highest BCUT2D eigenvalue weighted by Gasteiger charge is 2.36. The lowest BCUT2D eigenvalue weighted by Crippen LogP contribution is -2.11. The predicted molar refractivity (Wildman–Crippen MR) is 78.8 cm³/mol. The normalized spacial score (nSPS) is 12.0. The van der Waals surface area contributed by atoms with Crippen LogP contribution >= 0.6 is 0 Å². The maximum atomic E-state index is 13.7. The molecule has 2 heterocycles. The average Bonchev–Trinajstić information content (AvgIpc) is 2.90. The molecule has 1 aromatic carbocycles. The summed E-state index contributed by atoms with van der Waals surface area (Å²) in [4.78, 5) is 4.16. The molecule has 126 valence electrons. The van der Waals surface area contributed by atoms with Gasteiger partial charge in [-0.1, -0.05) is 6.07 Å². The summed E-state index contributed by atoms with van der Waals surface area (Å²) >= 11 is 0. The summed E-state index contributed by atoms with van der Waals surface area (Å²) in [5.74, 6) is -0.496. The van der Waals surface area contributed by atoms with Crippen LogP contribution in [0.15, 0.2) is 36.7 Å². The maximum absolute atomic E-state index is 13.7. The molecule has 24 heavy (non-hydrogen) atoms. The van der Waals surface area contributed by atoms with Gasteiger partial charge in [-0.25, -0.2) is 4.39 Å². The number of alkyl halides is 3. The van der Waals surface area contributed by atoms with Crippen molar-refractivity contribution in [1.82, 2.24) is 14.8 Å². The Morgan fingerprint density at radius 3 is 2.67 bits per heavy atom. The Balaban J connectivity index is 2.03. The van der Waals surface area contributed by atoms with Crippen molar-refractivity contribution in [2.45, 2.75) is 19.1 Å². The Labute approximate surface area is 134 Å². The second-order valence-electron chi connectivity index (χ2n) is 5.31. The Hall–Kier alpha value is -2.48. The molecule has 0 aliphatic rings. The van der Waals surface area contributed by atoms with E-state index in [0.717, 1.165) is 4.68 Å². The van der Waals surface area contributed by atoms with Crippen molar-refractivity contribution in [2.75, 3.05) is 6.61 Å². The van der Waals surface area contributed by atoms with E-state index in [1.807, 2.05) is 0 Å². The number of benzene rings is 1. The molecule has 0 saturated heterocycles. The molecule has 0 unspecified atom stereocenters. The molecule has 2 aromatic heterocycles. The lowest BCUT2D eigenvalue weighted by Gasteiger charge is -2.07. The van der Waals surface area contributed by atoms with Crippen LogP contribution in [0.1, 0.15) is 16.8 Å². The molecular weight excluding hydrogens is 326 g/mol. The molecule has 0 aliphatic heterocycles. The van der Waals surface area contributed by atoms with Crippen molar-refractivity contribution in [3.05, 3.63) is 59.3 Å². The van der Waals surface area contributed by atoms with Gasteiger partial charge in [-0.15, -0.1) is 0 Å². The quantitative estimate of drug-likeness (QED) is 0.743. The van der Waals surface area contributed by atoms with E-state index < -0.39 is 24.3 Å². The SMILES string of the molecule is OCCc1cn(Cc2cc(F)cc3cccnc23)nc1C(F)(F)F. The van der Waals surface area contributed by atoms with Gasteiger partial charge >= 0.3 is 6.18 Å². The van der Waals surface area contributed by atoms with E-state index >= 15 is 0 Å². The number of fused-ring (bicyclic) bond motifs is 1. The molecule has 1 N–H and O–H groups in total. The number of hydrogen-bond donors (Lipinski definition) is 1. The maximum Gasteiger partial charge on any atom is 0.435 e. The molecule has 0 amide bonds. The van der Waals surface area contributed by atoms with Crippen molar-refractivity contribution in [2.24, 2.45) is 0 Å². The Morgan fingerprint density at radius 2 is 1.96 bits per heavy atom. The van der Waals surface area contributed by atoms with Gasteiger partial charge in [-0.05, 0) is 24.6 Å². The fourth-order valence-electron chi connectivity index (χ4n) is 2.61. The monoisotopic (exact) mass is 339 g/mol. The predicted octanol–water partition coefficient (Wildman–Crippen LogP) is 3.17. The average molecular weight is 339 g/mol. The number of aliphatic hydroxyl groups is 1. The van der Waals surface area contributed by atoms with E-state index in [9.17, 15) is 17.6 Å². The summed E-state index contributed by atoms with van der Waals surface area (Å²) in [6.45, 7) is -0.473. The zero-order chi connectivity index (χ0) is 17.3. The zero-order valence-electron chi connectivity index (χ0n) is 12.4. The largest absolute Gasteiger partial charge is 0.435 e. The van der Waals surface area contributed by atoms with Crippen LogP contribution in [0.4, 0.5) is 17.6 Å². The summed E-state index contributed by atoms with van der Waals surface area (Å²) < 4.78 is 53.9. The number of pyridine rings is 1. The smallest absolute Gasteiger partial charge is 0.396 e. The molecule has 8 heteroatoms. The van der Waals surface area contributed by atoms with Crippen molar-refractivity contribution < 1.29 is 22.7 Å². The number of aliphatic hydroxyl groups excluding tert-OH is 1. The highest BCUT2D eigenvalue weighted by Crippen LogP contribution is 2.31. The first-order chi connectivity index (χ1) is 11.4. The fraction of sp³-hybridized carbons (Fsp3) is 0.250. The molecule has 3 rings (SSSR count). The van der Waals surface area contributed by atoms with Gasteiger partial charge in [0.2, 0.25) is 0 Å². The van der Waals surface area contributed by atoms with Crippen molar-refractivity contribution in [3.8, 4) is 0 Å². The number of nitrogens with zero attached hydrogens (tertiary/aromatic N) is 3. The number of halogens is 4. The van der Waals surface area contributed by atoms with Crippen LogP contribution in [0.2, 0.25) is 0 Å². The molecule has 4 nitrogen and oxygen atoms in total. The molecule has 3 aromatic rings. The number of hydrogen-bond acceptors (Lipinski definition) is 3. The summed E-state index contributed by atoms with van der Waals surface area (Å²) in [6.07, 6.45) is -2.01. The van der Waals surface area contributed by atoms with Gasteiger partial charge in [0.25, 0.3) is 0 Å². The van der Waals surface area contributed by atoms with Crippen LogP contribution in [-0.4, -0.2) is 26.5 Å². The topological polar surface area (TPSA) is 50.9 Å². The van der Waals surface area contributed by atoms with Crippen LogP contribution in [0, 0.1) is 5.82 Å². The second-order valence-corrected chi connectivity index (χ2v) is 5.31. The lowest BCUT2D eigenvalue weighted by atomic mass is 10.1. The van der Waals surface area contributed by atoms with Gasteiger partial charge in [0, 0.05) is 35.5 Å². The van der Waals surface area contributed by atoms with E-state index in [1.54, 1.807) is 12.1 Å². The lowest BCUT2D eigenvalue weighted by molar-refractivity contribution is -0.142. The Morgan fingerprint density at radius 1 is 1.17 bits per heavy atom. The summed E-state index contributed by atoms with van der Waals surface area (Å²) in [5, 5.41) is 13.0. The Bertz CT molecular complexity index is 873. The van der Waals surface area contributed by atoms with Crippen LogP contribution in [0.5, 0.6) is 0 Å². The summed E-state index contributed by atoms with van der Waals surface area (Å²) in [5.41, 5.74) is -0.201. The first-order valence-corrected chi connectivity index (χ1v) is 7.16. The van der Waals surface area contributed by atoms with Gasteiger partial charge < -0.3 is 5.11 Å². The molecule has 0 atom stereocenters. The highest BCUT2D eigenvalue weighted by molar-refractivity contribution is 5.81. The Kier molecular flexibility index (Phi) is 4.23. The van der Waals surface area contributed by atoms with Gasteiger partial charge in [-0.2, -0.15) is 18.3 Å². The minimum absolute atomic E-state index is 0.0558. The number of rotatable bonds is 4. The third kappa shape index (κ3) is 3.23. The van der Waals surface area contributed by atoms with Crippen molar-refractivity contribution >= 4 is 10.9 Å². The summed E-state index contributed by atoms with van der Waals surface area (Å²) in [6, 6.07) is 5.88. The van der Waals surface area contributed by atoms with E-state index in [0.29, 0.717) is 16.5 Å². The molecule has 0 saturated carbocycles. The highest BCUT2D eigenvalue weighted by atomic mass is 19.4. The van der Waals surface area contributed by atoms with Gasteiger partial charge in [0.15, 0.2) is 5.69 Å². The van der Waals surface area contributed by atoms with E-state index in [4.69, 9.17) is 5.11 Å². The van der Waals surface area contributed by atoms with Crippen LogP contribution in [0.3, 0.4) is 0 Å². The molecule has 0 aliphatic carbocycles. The zero-order valence-corrected chi connectivity index (χ0v) is 12.4. The molecule has 0 spiro atoms. The molecular formula is C16H13F4N3O. The molecule has 0 fully saturated rings. The van der Waals surface area contributed by atoms with E-state index in [-0.39, 0.29) is 18.5 Å². The third-order valence-corrected chi connectivity index (χ3v) is 3.57. The first kappa shape index (κ1) is 16.4.